The zero-order valence-electron chi connectivity index (χ0n) is 13.9. The van der Waals surface area contributed by atoms with Crippen molar-refractivity contribution >= 4 is 17.8 Å². The summed E-state index contributed by atoms with van der Waals surface area (Å²) in [6.45, 7) is 1.65. The molecule has 0 aliphatic heterocycles. The van der Waals surface area contributed by atoms with E-state index in [-0.39, 0.29) is 18.2 Å². The van der Waals surface area contributed by atoms with E-state index < -0.39 is 17.6 Å². The van der Waals surface area contributed by atoms with Crippen molar-refractivity contribution in [2.45, 2.75) is 82.7 Å². The molecule has 1 atom stereocenters. The van der Waals surface area contributed by atoms with Crippen molar-refractivity contribution < 1.29 is 19.5 Å². The van der Waals surface area contributed by atoms with E-state index in [1.54, 1.807) is 6.92 Å². The highest BCUT2D eigenvalue weighted by Crippen LogP contribution is 2.35. The van der Waals surface area contributed by atoms with E-state index in [2.05, 4.69) is 10.6 Å². The minimum absolute atomic E-state index is 0.0541. The highest BCUT2D eigenvalue weighted by molar-refractivity contribution is 5.88. The summed E-state index contributed by atoms with van der Waals surface area (Å²) in [5.41, 5.74) is -0.620. The Bertz CT molecular complexity index is 454. The average molecular weight is 324 g/mol. The first-order chi connectivity index (χ1) is 10.9. The van der Waals surface area contributed by atoms with Gasteiger partial charge in [0.2, 0.25) is 11.8 Å². The van der Waals surface area contributed by atoms with E-state index in [1.165, 1.54) is 19.3 Å². The molecule has 2 aliphatic carbocycles. The molecule has 0 aromatic heterocycles. The lowest BCUT2D eigenvalue weighted by Crippen LogP contribution is -2.58. The average Bonchev–Trinajstić information content (AvgIpc) is 2.45. The van der Waals surface area contributed by atoms with E-state index >= 15 is 0 Å². The lowest BCUT2D eigenvalue weighted by molar-refractivity contribution is -0.141. The number of hydrogen-bond acceptors (Lipinski definition) is 3. The van der Waals surface area contributed by atoms with E-state index in [1.807, 2.05) is 0 Å². The maximum absolute atomic E-state index is 12.2. The quantitative estimate of drug-likeness (QED) is 0.667. The lowest BCUT2D eigenvalue weighted by Gasteiger charge is -2.42. The summed E-state index contributed by atoms with van der Waals surface area (Å²) in [6.07, 6.45) is 8.54. The number of aliphatic carboxylic acids is 1. The Labute approximate surface area is 137 Å². The molecule has 2 rings (SSSR count). The van der Waals surface area contributed by atoms with Gasteiger partial charge in [-0.2, -0.15) is 0 Å². The number of carboxylic acids is 1. The molecule has 6 nitrogen and oxygen atoms in total. The molecule has 2 aliphatic rings. The van der Waals surface area contributed by atoms with Crippen molar-refractivity contribution in [3.8, 4) is 0 Å². The fourth-order valence-corrected chi connectivity index (χ4v) is 3.63. The molecule has 0 bridgehead atoms. The molecule has 2 amide bonds. The molecule has 0 spiro atoms. The number of carbonyl (C=O) groups is 3. The Hall–Kier alpha value is -1.59. The van der Waals surface area contributed by atoms with Crippen LogP contribution < -0.4 is 10.6 Å². The molecule has 130 valence electrons. The van der Waals surface area contributed by atoms with Crippen LogP contribution in [0.5, 0.6) is 0 Å². The van der Waals surface area contributed by atoms with Gasteiger partial charge in [-0.05, 0) is 44.9 Å². The van der Waals surface area contributed by atoms with Crippen LogP contribution in [0.3, 0.4) is 0 Å². The fourth-order valence-electron chi connectivity index (χ4n) is 3.63. The van der Waals surface area contributed by atoms with Crippen molar-refractivity contribution in [3.05, 3.63) is 0 Å². The third kappa shape index (κ3) is 5.22. The maximum Gasteiger partial charge on any atom is 0.305 e. The van der Waals surface area contributed by atoms with E-state index in [4.69, 9.17) is 5.11 Å². The normalized spacial score (nSPS) is 21.8. The van der Waals surface area contributed by atoms with E-state index in [0.717, 1.165) is 19.3 Å². The van der Waals surface area contributed by atoms with Crippen molar-refractivity contribution in [1.29, 1.82) is 0 Å². The number of rotatable bonds is 7. The highest BCUT2D eigenvalue weighted by atomic mass is 16.4. The lowest BCUT2D eigenvalue weighted by atomic mass is 9.74. The largest absolute Gasteiger partial charge is 0.481 e. The first kappa shape index (κ1) is 17.8. The summed E-state index contributed by atoms with van der Waals surface area (Å²) < 4.78 is 0. The summed E-state index contributed by atoms with van der Waals surface area (Å²) in [4.78, 5) is 35.2. The molecule has 2 saturated carbocycles. The smallest absolute Gasteiger partial charge is 0.305 e. The van der Waals surface area contributed by atoms with E-state index in [0.29, 0.717) is 25.2 Å². The van der Waals surface area contributed by atoms with Crippen LogP contribution in [0.4, 0.5) is 0 Å². The number of carboxylic acid groups (broad SMARTS) is 1. The number of nitrogens with one attached hydrogen (secondary N) is 2. The minimum atomic E-state index is -0.904. The Balaban J connectivity index is 1.77. The number of carbonyl (C=O) groups excluding carboxylic acids is 2. The van der Waals surface area contributed by atoms with Gasteiger partial charge in [0, 0.05) is 6.42 Å². The van der Waals surface area contributed by atoms with E-state index in [9.17, 15) is 14.4 Å². The topological polar surface area (TPSA) is 95.5 Å². The van der Waals surface area contributed by atoms with Crippen molar-refractivity contribution in [2.24, 2.45) is 5.92 Å². The van der Waals surface area contributed by atoms with Gasteiger partial charge in [0.25, 0.3) is 0 Å². The molecule has 2 fully saturated rings. The van der Waals surface area contributed by atoms with Gasteiger partial charge in [-0.25, -0.2) is 0 Å². The van der Waals surface area contributed by atoms with Crippen LogP contribution >= 0.6 is 0 Å². The van der Waals surface area contributed by atoms with Crippen molar-refractivity contribution in [3.63, 3.8) is 0 Å². The molecule has 0 aromatic carbocycles. The second-order valence-electron chi connectivity index (χ2n) is 7.19. The van der Waals surface area contributed by atoms with Gasteiger partial charge in [-0.15, -0.1) is 0 Å². The highest BCUT2D eigenvalue weighted by Gasteiger charge is 2.41. The van der Waals surface area contributed by atoms with Gasteiger partial charge in [0.1, 0.15) is 6.04 Å². The molecule has 1 unspecified atom stereocenters. The van der Waals surface area contributed by atoms with Gasteiger partial charge >= 0.3 is 5.97 Å². The summed E-state index contributed by atoms with van der Waals surface area (Å²) >= 11 is 0. The molecule has 0 saturated heterocycles. The van der Waals surface area contributed by atoms with Crippen LogP contribution in [0.25, 0.3) is 0 Å². The van der Waals surface area contributed by atoms with Gasteiger partial charge < -0.3 is 15.7 Å². The van der Waals surface area contributed by atoms with Crippen LogP contribution in [0, 0.1) is 5.92 Å². The van der Waals surface area contributed by atoms with Crippen LogP contribution in [0.1, 0.15) is 71.1 Å². The predicted octanol–water partition coefficient (Wildman–Crippen LogP) is 1.98. The fraction of sp³-hybridized carbons (Fsp3) is 0.824. The maximum atomic E-state index is 12.2. The standard InChI is InChI=1S/C17H28N2O4/c1-12(18-14(20)10-13-6-3-2-4-7-13)16(23)19-17(8-5-9-17)11-15(21)22/h12-13H,2-11H2,1H3,(H,18,20)(H,19,23)(H,21,22). The summed E-state index contributed by atoms with van der Waals surface area (Å²) in [5.74, 6) is -0.841. The molecule has 3 N–H and O–H groups in total. The zero-order chi connectivity index (χ0) is 16.9. The van der Waals surface area contributed by atoms with Crippen molar-refractivity contribution in [2.75, 3.05) is 0 Å². The first-order valence-electron chi connectivity index (χ1n) is 8.73. The third-order valence-electron chi connectivity index (χ3n) is 5.16. The summed E-state index contributed by atoms with van der Waals surface area (Å²) in [5, 5.41) is 14.6. The monoisotopic (exact) mass is 324 g/mol. The Morgan fingerprint density at radius 2 is 1.78 bits per heavy atom. The molecule has 23 heavy (non-hydrogen) atoms. The van der Waals surface area contributed by atoms with Gasteiger partial charge in [-0.3, -0.25) is 14.4 Å². The number of amides is 2. The zero-order valence-corrected chi connectivity index (χ0v) is 13.9. The summed E-state index contributed by atoms with van der Waals surface area (Å²) in [6, 6.07) is -0.627. The van der Waals surface area contributed by atoms with Crippen molar-refractivity contribution in [1.82, 2.24) is 10.6 Å². The molecule has 0 radical (unpaired) electrons. The molecular formula is C17H28N2O4. The SMILES string of the molecule is CC(NC(=O)CC1CCCCC1)C(=O)NC1(CC(=O)O)CCC1. The molecule has 0 heterocycles. The Morgan fingerprint density at radius 1 is 1.13 bits per heavy atom. The van der Waals surface area contributed by atoms with Gasteiger partial charge in [0.05, 0.1) is 12.0 Å². The first-order valence-corrected chi connectivity index (χ1v) is 8.73. The van der Waals surface area contributed by atoms with Gasteiger partial charge in [-0.1, -0.05) is 19.3 Å². The number of hydrogen-bond donors (Lipinski definition) is 3. The Morgan fingerprint density at radius 3 is 2.30 bits per heavy atom. The van der Waals surface area contributed by atoms with Crippen LogP contribution in [0.2, 0.25) is 0 Å². The molecule has 0 aromatic rings. The van der Waals surface area contributed by atoms with Crippen LogP contribution in [-0.4, -0.2) is 34.5 Å². The second-order valence-corrected chi connectivity index (χ2v) is 7.19. The van der Waals surface area contributed by atoms with Crippen LogP contribution in [0.15, 0.2) is 0 Å². The minimum Gasteiger partial charge on any atom is -0.481 e. The second kappa shape index (κ2) is 7.79. The predicted molar refractivity (Wildman–Crippen MR) is 85.8 cm³/mol. The molecule has 6 heteroatoms. The summed E-state index contributed by atoms with van der Waals surface area (Å²) in [7, 11) is 0. The third-order valence-corrected chi connectivity index (χ3v) is 5.16. The molecular weight excluding hydrogens is 296 g/mol. The van der Waals surface area contributed by atoms with Crippen LogP contribution in [-0.2, 0) is 14.4 Å². The van der Waals surface area contributed by atoms with Gasteiger partial charge in [0.15, 0.2) is 0 Å². The Kier molecular flexibility index (Phi) is 6.02.